The number of allylic oxidation sites excluding steroid dienone is 1. The summed E-state index contributed by atoms with van der Waals surface area (Å²) in [5, 5.41) is 0.976. The van der Waals surface area contributed by atoms with Crippen LogP contribution in [0.15, 0.2) is 6.58 Å². The highest BCUT2D eigenvalue weighted by atomic mass is 32.1. The summed E-state index contributed by atoms with van der Waals surface area (Å²) in [7, 11) is 0. The van der Waals surface area contributed by atoms with Gasteiger partial charge in [-0.05, 0) is 32.3 Å². The third-order valence-corrected chi connectivity index (χ3v) is 3.27. The quantitative estimate of drug-likeness (QED) is 0.740. The minimum atomic E-state index is -0.348. The van der Waals surface area contributed by atoms with Crippen LogP contribution in [0.4, 0.5) is 0 Å². The van der Waals surface area contributed by atoms with Crippen molar-refractivity contribution < 1.29 is 9.53 Å². The van der Waals surface area contributed by atoms with E-state index in [0.29, 0.717) is 12.3 Å². The van der Waals surface area contributed by atoms with Gasteiger partial charge in [0.2, 0.25) is 0 Å². The lowest BCUT2D eigenvalue weighted by molar-refractivity contribution is 0.0520. The van der Waals surface area contributed by atoms with Crippen LogP contribution in [0.5, 0.6) is 0 Å². The van der Waals surface area contributed by atoms with Crippen LogP contribution in [0, 0.1) is 0 Å². The second kappa shape index (κ2) is 5.80. The van der Waals surface area contributed by atoms with Crippen LogP contribution in [0.25, 0.3) is 5.57 Å². The Morgan fingerprint density at radius 2 is 2.19 bits per heavy atom. The van der Waals surface area contributed by atoms with E-state index in [9.17, 15) is 4.79 Å². The maximum absolute atomic E-state index is 11.7. The predicted molar refractivity (Wildman–Crippen MR) is 66.8 cm³/mol. The number of rotatable bonds is 5. The average Bonchev–Trinajstić information content (AvgIpc) is 2.63. The summed E-state index contributed by atoms with van der Waals surface area (Å²) in [5.74, 6) is -0.348. The Morgan fingerprint density at radius 1 is 1.50 bits per heavy atom. The molecule has 0 saturated heterocycles. The van der Waals surface area contributed by atoms with Crippen molar-refractivity contribution in [3.63, 3.8) is 0 Å². The standard InChI is InChI=1S/C12H17NO2S/c1-5-7-9-13-10(12(14)15-6-2)11(16-9)8(3)4/h3,5-7H2,1-2,4H3. The summed E-state index contributed by atoms with van der Waals surface area (Å²) in [6, 6.07) is 0. The van der Waals surface area contributed by atoms with E-state index in [0.717, 1.165) is 28.3 Å². The van der Waals surface area contributed by atoms with Crippen molar-refractivity contribution in [1.29, 1.82) is 0 Å². The average molecular weight is 239 g/mol. The smallest absolute Gasteiger partial charge is 0.358 e. The Balaban J connectivity index is 3.04. The second-order valence-electron chi connectivity index (χ2n) is 3.54. The number of hydrogen-bond donors (Lipinski definition) is 0. The topological polar surface area (TPSA) is 39.2 Å². The molecule has 0 spiro atoms. The number of aryl methyl sites for hydroxylation is 1. The Hall–Kier alpha value is -1.16. The van der Waals surface area contributed by atoms with E-state index in [1.807, 2.05) is 6.92 Å². The predicted octanol–water partition coefficient (Wildman–Crippen LogP) is 3.31. The van der Waals surface area contributed by atoms with Crippen LogP contribution in [0.3, 0.4) is 0 Å². The molecule has 0 unspecified atom stereocenters. The van der Waals surface area contributed by atoms with Gasteiger partial charge in [-0.2, -0.15) is 0 Å². The lowest BCUT2D eigenvalue weighted by Gasteiger charge is -2.00. The fourth-order valence-corrected chi connectivity index (χ4v) is 2.39. The van der Waals surface area contributed by atoms with E-state index in [2.05, 4.69) is 18.5 Å². The van der Waals surface area contributed by atoms with E-state index < -0.39 is 0 Å². The van der Waals surface area contributed by atoms with Crippen molar-refractivity contribution in [3.05, 3.63) is 22.2 Å². The Labute approximate surface area is 100 Å². The van der Waals surface area contributed by atoms with Gasteiger partial charge in [0.25, 0.3) is 0 Å². The highest BCUT2D eigenvalue weighted by molar-refractivity contribution is 7.13. The van der Waals surface area contributed by atoms with Gasteiger partial charge in [-0.15, -0.1) is 11.3 Å². The lowest BCUT2D eigenvalue weighted by atomic mass is 10.2. The van der Waals surface area contributed by atoms with Crippen LogP contribution in [-0.4, -0.2) is 17.6 Å². The van der Waals surface area contributed by atoms with E-state index in [1.54, 1.807) is 6.92 Å². The van der Waals surface area contributed by atoms with Crippen LogP contribution < -0.4 is 0 Å². The highest BCUT2D eigenvalue weighted by Crippen LogP contribution is 2.26. The van der Waals surface area contributed by atoms with Crippen LogP contribution >= 0.6 is 11.3 Å². The van der Waals surface area contributed by atoms with E-state index in [1.165, 1.54) is 11.3 Å². The number of aromatic nitrogens is 1. The van der Waals surface area contributed by atoms with Crippen LogP contribution in [0.2, 0.25) is 0 Å². The third-order valence-electron chi connectivity index (χ3n) is 1.99. The minimum absolute atomic E-state index is 0.348. The van der Waals surface area contributed by atoms with Gasteiger partial charge in [0.15, 0.2) is 5.69 Å². The maximum Gasteiger partial charge on any atom is 0.358 e. The normalized spacial score (nSPS) is 10.2. The zero-order chi connectivity index (χ0) is 12.1. The van der Waals surface area contributed by atoms with Gasteiger partial charge in [0.1, 0.15) is 0 Å². The number of esters is 1. The molecule has 4 heteroatoms. The first-order valence-corrected chi connectivity index (χ1v) is 6.24. The summed E-state index contributed by atoms with van der Waals surface area (Å²) in [6.07, 6.45) is 1.91. The van der Waals surface area contributed by atoms with Gasteiger partial charge in [-0.3, -0.25) is 0 Å². The summed E-state index contributed by atoms with van der Waals surface area (Å²) in [5.41, 5.74) is 1.28. The van der Waals surface area contributed by atoms with E-state index in [-0.39, 0.29) is 5.97 Å². The van der Waals surface area contributed by atoms with Gasteiger partial charge in [-0.25, -0.2) is 9.78 Å². The van der Waals surface area contributed by atoms with Gasteiger partial charge in [0, 0.05) is 0 Å². The monoisotopic (exact) mass is 239 g/mol. The van der Waals surface area contributed by atoms with E-state index in [4.69, 9.17) is 4.74 Å². The molecule has 0 aliphatic rings. The van der Waals surface area contributed by atoms with Crippen molar-refractivity contribution in [3.8, 4) is 0 Å². The molecule has 0 radical (unpaired) electrons. The minimum Gasteiger partial charge on any atom is -0.461 e. The maximum atomic E-state index is 11.7. The second-order valence-corrected chi connectivity index (χ2v) is 4.62. The molecule has 1 aromatic heterocycles. The molecule has 0 aromatic carbocycles. The Bertz CT molecular complexity index is 396. The van der Waals surface area contributed by atoms with E-state index >= 15 is 0 Å². The number of carbonyl (C=O) groups excluding carboxylic acids is 1. The largest absolute Gasteiger partial charge is 0.461 e. The summed E-state index contributed by atoms with van der Waals surface area (Å²) < 4.78 is 4.97. The number of thiazole rings is 1. The fraction of sp³-hybridized carbons (Fsp3) is 0.500. The summed E-state index contributed by atoms with van der Waals surface area (Å²) in [6.45, 7) is 9.99. The molecule has 0 amide bonds. The van der Waals surface area contributed by atoms with Crippen LogP contribution in [0.1, 0.15) is 47.6 Å². The van der Waals surface area contributed by atoms with Crippen LogP contribution in [-0.2, 0) is 11.2 Å². The first kappa shape index (κ1) is 12.9. The molecule has 1 aromatic rings. The van der Waals surface area contributed by atoms with Crippen molar-refractivity contribution in [2.75, 3.05) is 6.61 Å². The van der Waals surface area contributed by atoms with Gasteiger partial charge < -0.3 is 4.74 Å². The molecule has 0 bridgehead atoms. The number of carbonyl (C=O) groups is 1. The molecule has 0 saturated carbocycles. The first-order chi connectivity index (χ1) is 7.60. The first-order valence-electron chi connectivity index (χ1n) is 5.42. The molecule has 88 valence electrons. The Kier molecular flexibility index (Phi) is 4.68. The van der Waals surface area contributed by atoms with Crippen molar-refractivity contribution in [2.45, 2.75) is 33.6 Å². The van der Waals surface area contributed by atoms with Crippen molar-refractivity contribution in [1.82, 2.24) is 4.98 Å². The number of nitrogens with zero attached hydrogens (tertiary/aromatic N) is 1. The van der Waals surface area contributed by atoms with Gasteiger partial charge in [0.05, 0.1) is 16.5 Å². The molecule has 0 aliphatic heterocycles. The summed E-state index contributed by atoms with van der Waals surface area (Å²) >= 11 is 1.53. The molecular weight excluding hydrogens is 222 g/mol. The molecular formula is C12H17NO2S. The molecule has 1 rings (SSSR count). The highest BCUT2D eigenvalue weighted by Gasteiger charge is 2.19. The molecule has 3 nitrogen and oxygen atoms in total. The van der Waals surface area contributed by atoms with Crippen molar-refractivity contribution >= 4 is 22.9 Å². The molecule has 0 N–H and O–H groups in total. The number of ether oxygens (including phenoxy) is 1. The van der Waals surface area contributed by atoms with Gasteiger partial charge >= 0.3 is 5.97 Å². The lowest BCUT2D eigenvalue weighted by Crippen LogP contribution is -2.07. The van der Waals surface area contributed by atoms with Gasteiger partial charge in [-0.1, -0.05) is 13.5 Å². The zero-order valence-corrected chi connectivity index (χ0v) is 10.8. The molecule has 16 heavy (non-hydrogen) atoms. The number of hydrogen-bond acceptors (Lipinski definition) is 4. The molecule has 0 atom stereocenters. The van der Waals surface area contributed by atoms with Crippen molar-refractivity contribution in [2.24, 2.45) is 0 Å². The molecule has 1 heterocycles. The fourth-order valence-electron chi connectivity index (χ4n) is 1.31. The third kappa shape index (κ3) is 2.92. The molecule has 0 aliphatic carbocycles. The Morgan fingerprint density at radius 3 is 2.69 bits per heavy atom. The summed E-state index contributed by atoms with van der Waals surface area (Å²) in [4.78, 5) is 16.8. The zero-order valence-electron chi connectivity index (χ0n) is 10.0. The SMILES string of the molecule is C=C(C)c1sc(CCC)nc1C(=O)OCC. The molecule has 0 fully saturated rings.